The highest BCUT2D eigenvalue weighted by molar-refractivity contribution is 6.39. The van der Waals surface area contributed by atoms with E-state index in [1.54, 1.807) is 0 Å². The van der Waals surface area contributed by atoms with Gasteiger partial charge in [0.1, 0.15) is 0 Å². The van der Waals surface area contributed by atoms with Crippen LogP contribution in [0.3, 0.4) is 0 Å². The van der Waals surface area contributed by atoms with Gasteiger partial charge in [-0.3, -0.25) is 0 Å². The number of rotatable bonds is 2. The second-order valence-electron chi connectivity index (χ2n) is 4.61. The Morgan fingerprint density at radius 3 is 2.38 bits per heavy atom. The Kier molecular flexibility index (Phi) is 3.99. The summed E-state index contributed by atoms with van der Waals surface area (Å²) in [6.07, 6.45) is 5.14. The largest absolute Gasteiger partial charge is 0.380 e. The molecule has 0 saturated heterocycles. The van der Waals surface area contributed by atoms with Gasteiger partial charge in [-0.1, -0.05) is 49.0 Å². The van der Waals surface area contributed by atoms with Crippen molar-refractivity contribution >= 4 is 28.9 Å². The van der Waals surface area contributed by atoms with Gasteiger partial charge in [0.25, 0.3) is 0 Å². The molecule has 2 unspecified atom stereocenters. The van der Waals surface area contributed by atoms with E-state index in [4.69, 9.17) is 23.2 Å². The van der Waals surface area contributed by atoms with Crippen molar-refractivity contribution in [2.45, 2.75) is 38.6 Å². The average molecular weight is 258 g/mol. The molecule has 2 rings (SSSR count). The van der Waals surface area contributed by atoms with Crippen LogP contribution in [0.25, 0.3) is 0 Å². The number of halogens is 2. The summed E-state index contributed by atoms with van der Waals surface area (Å²) in [7, 11) is 0. The van der Waals surface area contributed by atoms with Crippen molar-refractivity contribution in [2.75, 3.05) is 5.32 Å². The number of benzene rings is 1. The van der Waals surface area contributed by atoms with E-state index in [2.05, 4.69) is 12.2 Å². The van der Waals surface area contributed by atoms with Crippen LogP contribution in [0.4, 0.5) is 5.69 Å². The molecule has 1 nitrogen and oxygen atoms in total. The molecular weight excluding hydrogens is 241 g/mol. The van der Waals surface area contributed by atoms with Gasteiger partial charge < -0.3 is 5.32 Å². The Balaban J connectivity index is 2.13. The molecule has 0 spiro atoms. The summed E-state index contributed by atoms with van der Waals surface area (Å²) in [5.41, 5.74) is 0.893. The molecule has 3 heteroatoms. The third-order valence-electron chi connectivity index (χ3n) is 3.40. The Bertz CT molecular complexity index is 345. The summed E-state index contributed by atoms with van der Waals surface area (Å²) in [5, 5.41) is 4.93. The van der Waals surface area contributed by atoms with Gasteiger partial charge in [0.15, 0.2) is 0 Å². The lowest BCUT2D eigenvalue weighted by Crippen LogP contribution is -2.30. The summed E-state index contributed by atoms with van der Waals surface area (Å²) >= 11 is 12.3. The normalized spacial score (nSPS) is 25.4. The first-order chi connectivity index (χ1) is 7.68. The predicted octanol–water partition coefficient (Wildman–Crippen LogP) is 4.98. The van der Waals surface area contributed by atoms with Crippen LogP contribution in [-0.2, 0) is 0 Å². The minimum absolute atomic E-state index is 0.506. The zero-order valence-corrected chi connectivity index (χ0v) is 11.0. The zero-order chi connectivity index (χ0) is 11.5. The Hall–Kier alpha value is -0.400. The van der Waals surface area contributed by atoms with Gasteiger partial charge in [0, 0.05) is 6.04 Å². The highest BCUT2D eigenvalue weighted by atomic mass is 35.5. The Morgan fingerprint density at radius 2 is 1.75 bits per heavy atom. The van der Waals surface area contributed by atoms with E-state index < -0.39 is 0 Å². The molecule has 1 aromatic rings. The van der Waals surface area contributed by atoms with Crippen molar-refractivity contribution in [2.24, 2.45) is 5.92 Å². The molecule has 88 valence electrons. The molecule has 1 fully saturated rings. The van der Waals surface area contributed by atoms with Gasteiger partial charge in [0.05, 0.1) is 15.7 Å². The number of para-hydroxylation sites is 1. The minimum Gasteiger partial charge on any atom is -0.380 e. The lowest BCUT2D eigenvalue weighted by Gasteiger charge is -2.31. The number of hydrogen-bond donors (Lipinski definition) is 1. The summed E-state index contributed by atoms with van der Waals surface area (Å²) in [6.45, 7) is 2.29. The van der Waals surface area contributed by atoms with Gasteiger partial charge in [-0.25, -0.2) is 0 Å². The summed E-state index contributed by atoms with van der Waals surface area (Å²) in [4.78, 5) is 0. The third kappa shape index (κ3) is 2.64. The Labute approximate surface area is 107 Å². The Morgan fingerprint density at radius 1 is 1.12 bits per heavy atom. The standard InChI is InChI=1S/C13H17Cl2N/c1-9-5-2-3-8-12(9)16-13-10(14)6-4-7-11(13)15/h4,6-7,9,12,16H,2-3,5,8H2,1H3. The topological polar surface area (TPSA) is 12.0 Å². The highest BCUT2D eigenvalue weighted by Crippen LogP contribution is 2.34. The van der Waals surface area contributed by atoms with Crippen LogP contribution >= 0.6 is 23.2 Å². The van der Waals surface area contributed by atoms with E-state index >= 15 is 0 Å². The molecule has 1 N–H and O–H groups in total. The first kappa shape index (κ1) is 12.1. The number of hydrogen-bond acceptors (Lipinski definition) is 1. The molecule has 1 saturated carbocycles. The molecule has 1 aliphatic carbocycles. The monoisotopic (exact) mass is 257 g/mol. The molecule has 2 atom stereocenters. The molecule has 0 aliphatic heterocycles. The van der Waals surface area contributed by atoms with E-state index in [1.807, 2.05) is 18.2 Å². The predicted molar refractivity (Wildman–Crippen MR) is 71.5 cm³/mol. The summed E-state index contributed by atoms with van der Waals surface area (Å²) < 4.78 is 0. The fraction of sp³-hybridized carbons (Fsp3) is 0.538. The van der Waals surface area contributed by atoms with Crippen molar-refractivity contribution in [1.82, 2.24) is 0 Å². The molecule has 0 amide bonds. The van der Waals surface area contributed by atoms with E-state index in [9.17, 15) is 0 Å². The first-order valence-electron chi connectivity index (χ1n) is 5.89. The van der Waals surface area contributed by atoms with Crippen molar-refractivity contribution in [3.8, 4) is 0 Å². The molecule has 0 bridgehead atoms. The zero-order valence-electron chi connectivity index (χ0n) is 9.47. The molecule has 1 aromatic carbocycles. The average Bonchev–Trinajstić information content (AvgIpc) is 2.26. The summed E-state index contributed by atoms with van der Waals surface area (Å²) in [6, 6.07) is 6.14. The van der Waals surface area contributed by atoms with Crippen molar-refractivity contribution in [3.05, 3.63) is 28.2 Å². The highest BCUT2D eigenvalue weighted by Gasteiger charge is 2.22. The van der Waals surface area contributed by atoms with Crippen LogP contribution in [0.15, 0.2) is 18.2 Å². The quantitative estimate of drug-likeness (QED) is 0.788. The van der Waals surface area contributed by atoms with Gasteiger partial charge in [-0.05, 0) is 30.9 Å². The van der Waals surface area contributed by atoms with Crippen LogP contribution in [0, 0.1) is 5.92 Å². The molecular formula is C13H17Cl2N. The van der Waals surface area contributed by atoms with Gasteiger partial charge in [-0.2, -0.15) is 0 Å². The SMILES string of the molecule is CC1CCCCC1Nc1c(Cl)cccc1Cl. The molecule has 0 heterocycles. The molecule has 1 aliphatic rings. The van der Waals surface area contributed by atoms with Gasteiger partial charge >= 0.3 is 0 Å². The first-order valence-corrected chi connectivity index (χ1v) is 6.64. The fourth-order valence-corrected chi connectivity index (χ4v) is 2.86. The molecule has 16 heavy (non-hydrogen) atoms. The van der Waals surface area contributed by atoms with E-state index in [0.717, 1.165) is 5.69 Å². The maximum atomic E-state index is 6.15. The van der Waals surface area contributed by atoms with Crippen molar-refractivity contribution < 1.29 is 0 Å². The third-order valence-corrected chi connectivity index (χ3v) is 4.03. The van der Waals surface area contributed by atoms with Gasteiger partial charge in [0.2, 0.25) is 0 Å². The van der Waals surface area contributed by atoms with Crippen LogP contribution in [-0.4, -0.2) is 6.04 Å². The van der Waals surface area contributed by atoms with Crippen LogP contribution in [0.5, 0.6) is 0 Å². The van der Waals surface area contributed by atoms with Crippen LogP contribution < -0.4 is 5.32 Å². The maximum absolute atomic E-state index is 6.15. The van der Waals surface area contributed by atoms with Crippen molar-refractivity contribution in [3.63, 3.8) is 0 Å². The number of nitrogens with one attached hydrogen (secondary N) is 1. The second kappa shape index (κ2) is 5.29. The van der Waals surface area contributed by atoms with Crippen molar-refractivity contribution in [1.29, 1.82) is 0 Å². The van der Waals surface area contributed by atoms with Gasteiger partial charge in [-0.15, -0.1) is 0 Å². The maximum Gasteiger partial charge on any atom is 0.0721 e. The van der Waals surface area contributed by atoms with E-state index in [1.165, 1.54) is 25.7 Å². The van der Waals surface area contributed by atoms with Crippen LogP contribution in [0.1, 0.15) is 32.6 Å². The molecule has 0 aromatic heterocycles. The smallest absolute Gasteiger partial charge is 0.0721 e. The lowest BCUT2D eigenvalue weighted by atomic mass is 9.86. The van der Waals surface area contributed by atoms with E-state index in [0.29, 0.717) is 22.0 Å². The summed E-state index contributed by atoms with van der Waals surface area (Å²) in [5.74, 6) is 0.695. The van der Waals surface area contributed by atoms with Crippen LogP contribution in [0.2, 0.25) is 10.0 Å². The molecule has 0 radical (unpaired) electrons. The second-order valence-corrected chi connectivity index (χ2v) is 5.42. The van der Waals surface area contributed by atoms with E-state index in [-0.39, 0.29) is 0 Å². The minimum atomic E-state index is 0.506. The lowest BCUT2D eigenvalue weighted by molar-refractivity contribution is 0.349. The fourth-order valence-electron chi connectivity index (χ4n) is 2.35. The number of anilines is 1.